The number of hydrogen-bond donors (Lipinski definition) is 0. The highest BCUT2D eigenvalue weighted by atomic mass is 79.9. The van der Waals surface area contributed by atoms with Crippen LogP contribution in [-0.2, 0) is 10.2 Å². The smallest absolute Gasteiger partial charge is 0.142 e. The number of ether oxygens (including phenoxy) is 1. The molecule has 4 aliphatic carbocycles. The maximum absolute atomic E-state index is 6.72. The fraction of sp³-hybridized carbons (Fsp3) is 0.457. The fourth-order valence-corrected chi connectivity index (χ4v) is 8.47. The van der Waals surface area contributed by atoms with E-state index in [4.69, 9.17) is 4.74 Å². The quantitative estimate of drug-likeness (QED) is 0.189. The van der Waals surface area contributed by atoms with E-state index < -0.39 is 0 Å². The van der Waals surface area contributed by atoms with Gasteiger partial charge in [-0.3, -0.25) is 0 Å². The van der Waals surface area contributed by atoms with Crippen LogP contribution in [0, 0.1) is 17.3 Å². The molecular weight excluding hydrogens is 596 g/mol. The zero-order chi connectivity index (χ0) is 26.1. The minimum absolute atomic E-state index is 0. The van der Waals surface area contributed by atoms with Gasteiger partial charge in [0.25, 0.3) is 0 Å². The van der Waals surface area contributed by atoms with E-state index in [1.165, 1.54) is 49.0 Å². The van der Waals surface area contributed by atoms with Crippen LogP contribution in [-0.4, -0.2) is 17.0 Å². The van der Waals surface area contributed by atoms with Crippen molar-refractivity contribution in [1.82, 2.24) is 0 Å². The summed E-state index contributed by atoms with van der Waals surface area (Å²) >= 11 is 4.19. The van der Waals surface area contributed by atoms with Crippen LogP contribution in [0.5, 0.6) is 0 Å². The highest BCUT2D eigenvalue weighted by molar-refractivity contribution is 9.10. The van der Waals surface area contributed by atoms with E-state index in [-0.39, 0.29) is 37.7 Å². The molecule has 4 aliphatic rings. The van der Waals surface area contributed by atoms with Crippen molar-refractivity contribution in [3.63, 3.8) is 0 Å². The first-order valence-corrected chi connectivity index (χ1v) is 14.8. The highest BCUT2D eigenvalue weighted by Gasteiger charge is 2.62. The van der Waals surface area contributed by atoms with Gasteiger partial charge in [0.1, 0.15) is 11.2 Å². The Balaban J connectivity index is 0.00000264. The predicted octanol–water partition coefficient (Wildman–Crippen LogP) is 5.74. The molecule has 0 bridgehead atoms. The number of methoxy groups -OCH3 is 1. The van der Waals surface area contributed by atoms with Gasteiger partial charge in [-0.25, -0.2) is 0 Å². The van der Waals surface area contributed by atoms with Crippen LogP contribution in [0.25, 0.3) is 27.1 Å². The van der Waals surface area contributed by atoms with Crippen molar-refractivity contribution < 1.29 is 21.7 Å². The topological polar surface area (TPSA) is 9.23 Å². The third kappa shape index (κ3) is 3.28. The molecule has 2 saturated carbocycles. The number of halogens is 2. The average molecular weight is 634 g/mol. The van der Waals surface area contributed by atoms with Crippen molar-refractivity contribution in [3.8, 4) is 0 Å². The molecule has 7 rings (SSSR count). The van der Waals surface area contributed by atoms with Gasteiger partial charge in [-0.15, -0.1) is 0 Å². The lowest BCUT2D eigenvalue weighted by atomic mass is 9.51. The number of allylic oxidation sites excluding steroid dienone is 2. The first-order chi connectivity index (χ1) is 17.4. The van der Waals surface area contributed by atoms with E-state index in [1.54, 1.807) is 11.5 Å². The molecule has 0 spiro atoms. The molecule has 3 atom stereocenters. The van der Waals surface area contributed by atoms with Gasteiger partial charge in [0.05, 0.1) is 21.0 Å². The van der Waals surface area contributed by atoms with Crippen molar-refractivity contribution in [3.05, 3.63) is 82.0 Å². The summed E-state index contributed by atoms with van der Waals surface area (Å²) in [6.45, 7) is 14.0. The van der Waals surface area contributed by atoms with Crippen molar-refractivity contribution in [2.24, 2.45) is 11.3 Å². The van der Waals surface area contributed by atoms with E-state index in [2.05, 4.69) is 106 Å². The summed E-state index contributed by atoms with van der Waals surface area (Å²) in [5, 5.41) is 7.16. The minimum atomic E-state index is -0.340. The monoisotopic (exact) mass is 632 g/mol. The van der Waals surface area contributed by atoms with Crippen LogP contribution in [0.4, 0.5) is 0 Å². The van der Waals surface area contributed by atoms with E-state index in [0.717, 1.165) is 25.7 Å². The van der Waals surface area contributed by atoms with Crippen LogP contribution in [0.1, 0.15) is 78.4 Å². The number of fused-ring (bicyclic) bond motifs is 1. The second kappa shape index (κ2) is 8.24. The Morgan fingerprint density at radius 2 is 1.50 bits per heavy atom. The number of rotatable bonds is 1. The van der Waals surface area contributed by atoms with Crippen LogP contribution >= 0.6 is 15.9 Å². The molecule has 0 N–H and O–H groups in total. The van der Waals surface area contributed by atoms with E-state index in [0.29, 0.717) is 5.92 Å². The van der Waals surface area contributed by atoms with Crippen LogP contribution < -0.4 is 22.2 Å². The third-order valence-electron chi connectivity index (χ3n) is 10.0. The van der Waals surface area contributed by atoms with E-state index in [1.807, 2.05) is 7.11 Å². The molecule has 38 heavy (non-hydrogen) atoms. The Hall–Kier alpha value is -1.55. The molecule has 0 aromatic heterocycles. The summed E-state index contributed by atoms with van der Waals surface area (Å²) < 4.78 is 6.58. The summed E-state index contributed by atoms with van der Waals surface area (Å²) in [5.74, 6) is 1.90. The molecule has 0 amide bonds. The molecule has 1 nitrogen and oxygen atoms in total. The highest BCUT2D eigenvalue weighted by Crippen LogP contribution is 2.63. The van der Waals surface area contributed by atoms with Crippen molar-refractivity contribution in [1.29, 1.82) is 0 Å². The van der Waals surface area contributed by atoms with Gasteiger partial charge in [-0.05, 0) is 76.0 Å². The van der Waals surface area contributed by atoms with E-state index in [9.17, 15) is 0 Å². The van der Waals surface area contributed by atoms with Gasteiger partial charge in [0, 0.05) is 42.2 Å². The van der Waals surface area contributed by atoms with Crippen molar-refractivity contribution in [2.45, 2.75) is 82.6 Å². The van der Waals surface area contributed by atoms with Gasteiger partial charge >= 0.3 is 0 Å². The molecule has 2 fully saturated rings. The lowest BCUT2D eigenvalue weighted by Crippen LogP contribution is -3.00. The van der Waals surface area contributed by atoms with Crippen LogP contribution in [0.2, 0.25) is 0 Å². The third-order valence-corrected chi connectivity index (χ3v) is 11.7. The molecule has 3 unspecified atom stereocenters. The summed E-state index contributed by atoms with van der Waals surface area (Å²) in [7, 11) is 1.95. The summed E-state index contributed by atoms with van der Waals surface area (Å²) in [5.41, 5.74) is 7.31. The fourth-order valence-electron chi connectivity index (χ4n) is 7.91. The van der Waals surface area contributed by atoms with Gasteiger partial charge in [0.2, 0.25) is 0 Å². The summed E-state index contributed by atoms with van der Waals surface area (Å²) in [6.07, 6.45) is 9.37. The maximum Gasteiger partial charge on any atom is 0.142 e. The second-order valence-corrected chi connectivity index (χ2v) is 15.2. The molecule has 3 heteroatoms. The maximum atomic E-state index is 6.72. The molecule has 3 aromatic rings. The number of hydrogen-bond acceptors (Lipinski definition) is 1. The standard InChI is InChI=1S/C35H38BrO.BrH/c1-32(2,3)24-16-20-8-12-25-27-14-10-22-18-34(36,33(4,5)6)19-23-11-15-28(31(27)35(22,23)37-7)26-13-9-21(17-24)29(20)30(25)26;/h8-9,12-13,16-19,31H,10-11,14-15H2,1-7H3;1H/q+1;/p-1. The number of alkyl halides is 1. The molecule has 0 saturated heterocycles. The Morgan fingerprint density at radius 3 is 2.11 bits per heavy atom. The lowest BCUT2D eigenvalue weighted by molar-refractivity contribution is -0.0000434. The second-order valence-electron chi connectivity index (χ2n) is 13.9. The lowest BCUT2D eigenvalue weighted by Gasteiger charge is -2.56. The SMILES string of the molecule is COC12C3=CC(Br)(C(C)(C)C)C=C1CC[C+]1c4ccc5cc(C(C)(C)C)cc6ccc(c4c56)=C(CC3)C12.[Br-]. The Labute approximate surface area is 246 Å². The summed E-state index contributed by atoms with van der Waals surface area (Å²) in [4.78, 5) is 0. The van der Waals surface area contributed by atoms with Gasteiger partial charge < -0.3 is 21.7 Å². The van der Waals surface area contributed by atoms with Gasteiger partial charge in [-0.2, -0.15) is 0 Å². The van der Waals surface area contributed by atoms with E-state index >= 15 is 0 Å². The minimum Gasteiger partial charge on any atom is -1.00 e. The number of benzene rings is 3. The Morgan fingerprint density at radius 1 is 0.868 bits per heavy atom. The zero-order valence-electron chi connectivity index (χ0n) is 23.7. The molecule has 198 valence electrons. The molecule has 0 aliphatic heterocycles. The molecular formula is C35H38Br2O. The normalized spacial score (nSPS) is 28.2. The Kier molecular flexibility index (Phi) is 5.78. The zero-order valence-corrected chi connectivity index (χ0v) is 26.9. The van der Waals surface area contributed by atoms with Crippen LogP contribution in [0.3, 0.4) is 0 Å². The first kappa shape index (κ1) is 26.7. The summed E-state index contributed by atoms with van der Waals surface area (Å²) in [6, 6.07) is 14.5. The van der Waals surface area contributed by atoms with Crippen LogP contribution in [0.15, 0.2) is 59.7 Å². The van der Waals surface area contributed by atoms with Gasteiger partial charge in [-0.1, -0.05) is 75.7 Å². The molecule has 0 heterocycles. The van der Waals surface area contributed by atoms with Gasteiger partial charge in [0.15, 0.2) is 0 Å². The first-order valence-electron chi connectivity index (χ1n) is 14.0. The Bertz CT molecular complexity index is 1570. The average Bonchev–Trinajstić information content (AvgIpc) is 2.84. The molecule has 3 aromatic carbocycles. The predicted molar refractivity (Wildman–Crippen MR) is 160 cm³/mol. The molecule has 0 radical (unpaired) electrons. The van der Waals surface area contributed by atoms with Crippen molar-refractivity contribution >= 4 is 43.0 Å². The largest absolute Gasteiger partial charge is 1.00 e. The van der Waals surface area contributed by atoms with Crippen molar-refractivity contribution in [2.75, 3.05) is 7.11 Å².